The van der Waals surface area contributed by atoms with Gasteiger partial charge in [-0.3, -0.25) is 0 Å². The van der Waals surface area contributed by atoms with Crippen LogP contribution in [0.4, 0.5) is 4.39 Å². The topological polar surface area (TPSA) is 44.5 Å². The summed E-state index contributed by atoms with van der Waals surface area (Å²) in [6.07, 6.45) is 3.19. The van der Waals surface area contributed by atoms with Crippen LogP contribution in [0.5, 0.6) is 11.5 Å². The first kappa shape index (κ1) is 13.1. The van der Waals surface area contributed by atoms with Gasteiger partial charge in [0.25, 0.3) is 0 Å². The van der Waals surface area contributed by atoms with E-state index in [-0.39, 0.29) is 5.41 Å². The van der Waals surface area contributed by atoms with Crippen molar-refractivity contribution in [2.75, 3.05) is 20.8 Å². The van der Waals surface area contributed by atoms with Crippen LogP contribution in [0.1, 0.15) is 30.4 Å². The zero-order valence-electron chi connectivity index (χ0n) is 11.0. The molecule has 0 saturated heterocycles. The van der Waals surface area contributed by atoms with E-state index in [1.165, 1.54) is 0 Å². The van der Waals surface area contributed by atoms with Crippen LogP contribution in [0, 0.1) is 0 Å². The lowest BCUT2D eigenvalue weighted by Crippen LogP contribution is -2.42. The fraction of sp³-hybridized carbons (Fsp3) is 0.571. The molecule has 0 aliphatic heterocycles. The van der Waals surface area contributed by atoms with E-state index < -0.39 is 6.67 Å². The summed E-state index contributed by atoms with van der Waals surface area (Å²) in [7, 11) is 3.15. The van der Waals surface area contributed by atoms with Gasteiger partial charge in [-0.2, -0.15) is 0 Å². The maximum absolute atomic E-state index is 13.2. The molecule has 0 unspecified atom stereocenters. The number of rotatable bonds is 5. The minimum Gasteiger partial charge on any atom is -0.493 e. The van der Waals surface area contributed by atoms with Crippen LogP contribution in [0.2, 0.25) is 0 Å². The van der Waals surface area contributed by atoms with E-state index in [9.17, 15) is 4.39 Å². The lowest BCUT2D eigenvalue weighted by atomic mass is 9.63. The van der Waals surface area contributed by atoms with Gasteiger partial charge in [-0.1, -0.05) is 6.42 Å². The second-order valence-corrected chi connectivity index (χ2v) is 4.84. The molecule has 0 radical (unpaired) electrons. The quantitative estimate of drug-likeness (QED) is 0.877. The molecule has 1 aromatic rings. The highest BCUT2D eigenvalue weighted by Gasteiger charge is 2.39. The van der Waals surface area contributed by atoms with Crippen molar-refractivity contribution in [3.8, 4) is 11.5 Å². The molecular weight excluding hydrogens is 233 g/mol. The molecule has 0 aromatic heterocycles. The third-order valence-electron chi connectivity index (χ3n) is 4.03. The average molecular weight is 253 g/mol. The normalized spacial score (nSPS) is 17.1. The summed E-state index contributed by atoms with van der Waals surface area (Å²) in [6, 6.07) is 3.61. The van der Waals surface area contributed by atoms with Gasteiger partial charge in [-0.25, -0.2) is 4.39 Å². The number of hydrogen-bond acceptors (Lipinski definition) is 3. The van der Waals surface area contributed by atoms with Crippen LogP contribution >= 0.6 is 0 Å². The minimum absolute atomic E-state index is 0.0685. The van der Waals surface area contributed by atoms with Crippen LogP contribution in [-0.4, -0.2) is 20.8 Å². The molecule has 100 valence electrons. The third kappa shape index (κ3) is 1.94. The summed E-state index contributed by atoms with van der Waals surface area (Å²) >= 11 is 0. The maximum Gasteiger partial charge on any atom is 0.161 e. The van der Waals surface area contributed by atoms with Crippen molar-refractivity contribution in [1.82, 2.24) is 0 Å². The van der Waals surface area contributed by atoms with E-state index in [1.54, 1.807) is 20.3 Å². The van der Waals surface area contributed by atoms with Gasteiger partial charge in [-0.05, 0) is 36.1 Å². The van der Waals surface area contributed by atoms with Gasteiger partial charge in [0.15, 0.2) is 11.5 Å². The summed E-state index contributed by atoms with van der Waals surface area (Å²) in [5, 5.41) is 0. The zero-order chi connectivity index (χ0) is 13.2. The molecule has 1 saturated carbocycles. The van der Waals surface area contributed by atoms with Crippen LogP contribution < -0.4 is 15.2 Å². The summed E-state index contributed by atoms with van der Waals surface area (Å²) in [4.78, 5) is 0. The Hall–Kier alpha value is -1.29. The Labute approximate surface area is 107 Å². The lowest BCUT2D eigenvalue weighted by molar-refractivity contribution is 0.247. The van der Waals surface area contributed by atoms with Gasteiger partial charge in [0, 0.05) is 12.0 Å². The van der Waals surface area contributed by atoms with Crippen molar-refractivity contribution in [2.45, 2.75) is 31.4 Å². The van der Waals surface area contributed by atoms with Gasteiger partial charge in [0.05, 0.1) is 14.2 Å². The van der Waals surface area contributed by atoms with E-state index in [2.05, 4.69) is 0 Å². The Morgan fingerprint density at radius 3 is 2.22 bits per heavy atom. The first-order chi connectivity index (χ1) is 8.70. The Morgan fingerprint density at radius 2 is 1.83 bits per heavy atom. The molecule has 1 aliphatic carbocycles. The summed E-state index contributed by atoms with van der Waals surface area (Å²) in [6.45, 7) is 0.0485. The standard InChI is InChI=1S/C14H20FNO2/c1-17-12-6-10(8-15)11(7-13(12)18-2)14(9-16)4-3-5-14/h6-7H,3-5,8-9,16H2,1-2H3. The lowest BCUT2D eigenvalue weighted by Gasteiger charge is -2.42. The zero-order valence-corrected chi connectivity index (χ0v) is 11.0. The van der Waals surface area contributed by atoms with Crippen molar-refractivity contribution in [2.24, 2.45) is 5.73 Å². The molecule has 0 bridgehead atoms. The highest BCUT2D eigenvalue weighted by molar-refractivity contribution is 5.50. The maximum atomic E-state index is 13.2. The van der Waals surface area contributed by atoms with E-state index in [1.807, 2.05) is 6.07 Å². The molecule has 1 aliphatic rings. The molecule has 4 heteroatoms. The van der Waals surface area contributed by atoms with E-state index in [0.717, 1.165) is 24.8 Å². The van der Waals surface area contributed by atoms with Crippen molar-refractivity contribution in [3.05, 3.63) is 23.3 Å². The van der Waals surface area contributed by atoms with E-state index in [0.29, 0.717) is 23.6 Å². The molecule has 2 N–H and O–H groups in total. The Balaban J connectivity index is 2.51. The number of methoxy groups -OCH3 is 2. The molecule has 1 aromatic carbocycles. The second-order valence-electron chi connectivity index (χ2n) is 4.84. The number of nitrogens with two attached hydrogens (primary N) is 1. The number of alkyl halides is 1. The highest BCUT2D eigenvalue weighted by Crippen LogP contribution is 2.47. The fourth-order valence-corrected chi connectivity index (χ4v) is 2.71. The first-order valence-corrected chi connectivity index (χ1v) is 6.22. The van der Waals surface area contributed by atoms with Gasteiger partial charge >= 0.3 is 0 Å². The highest BCUT2D eigenvalue weighted by atomic mass is 19.1. The summed E-state index contributed by atoms with van der Waals surface area (Å²) in [5.74, 6) is 1.21. The molecule has 18 heavy (non-hydrogen) atoms. The largest absolute Gasteiger partial charge is 0.493 e. The minimum atomic E-state index is -0.503. The molecule has 0 heterocycles. The van der Waals surface area contributed by atoms with Crippen molar-refractivity contribution in [1.29, 1.82) is 0 Å². The molecule has 2 rings (SSSR count). The van der Waals surface area contributed by atoms with Crippen LogP contribution in [-0.2, 0) is 12.1 Å². The monoisotopic (exact) mass is 253 g/mol. The SMILES string of the molecule is COc1cc(CF)c(C2(CN)CCC2)cc1OC. The third-order valence-corrected chi connectivity index (χ3v) is 4.03. The van der Waals surface area contributed by atoms with Crippen molar-refractivity contribution < 1.29 is 13.9 Å². The number of hydrogen-bond donors (Lipinski definition) is 1. The molecule has 3 nitrogen and oxygen atoms in total. The van der Waals surface area contributed by atoms with Crippen molar-refractivity contribution in [3.63, 3.8) is 0 Å². The second kappa shape index (κ2) is 5.14. The molecule has 0 atom stereocenters. The Bertz CT molecular complexity index is 425. The van der Waals surface area contributed by atoms with E-state index >= 15 is 0 Å². The van der Waals surface area contributed by atoms with Crippen LogP contribution in [0.25, 0.3) is 0 Å². The predicted octanol–water partition coefficient (Wildman–Crippen LogP) is 2.55. The predicted molar refractivity (Wildman–Crippen MR) is 68.9 cm³/mol. The number of ether oxygens (including phenoxy) is 2. The molecule has 1 fully saturated rings. The van der Waals surface area contributed by atoms with Crippen LogP contribution in [0.15, 0.2) is 12.1 Å². The smallest absolute Gasteiger partial charge is 0.161 e. The van der Waals surface area contributed by atoms with Crippen LogP contribution in [0.3, 0.4) is 0 Å². The van der Waals surface area contributed by atoms with E-state index in [4.69, 9.17) is 15.2 Å². The average Bonchev–Trinajstić information content (AvgIpc) is 2.37. The van der Waals surface area contributed by atoms with Gasteiger partial charge in [0.1, 0.15) is 6.67 Å². The Kier molecular flexibility index (Phi) is 3.76. The van der Waals surface area contributed by atoms with Crippen molar-refractivity contribution >= 4 is 0 Å². The molecule has 0 spiro atoms. The molecular formula is C14H20FNO2. The van der Waals surface area contributed by atoms with Gasteiger partial charge in [0.2, 0.25) is 0 Å². The summed E-state index contributed by atoms with van der Waals surface area (Å²) < 4.78 is 23.7. The summed E-state index contributed by atoms with van der Waals surface area (Å²) in [5.41, 5.74) is 7.47. The van der Waals surface area contributed by atoms with Gasteiger partial charge < -0.3 is 15.2 Å². The fourth-order valence-electron chi connectivity index (χ4n) is 2.71. The molecule has 0 amide bonds. The Morgan fingerprint density at radius 1 is 1.22 bits per heavy atom. The van der Waals surface area contributed by atoms with Gasteiger partial charge in [-0.15, -0.1) is 0 Å². The number of halogens is 1. The first-order valence-electron chi connectivity index (χ1n) is 6.22. The number of benzene rings is 1.